The summed E-state index contributed by atoms with van der Waals surface area (Å²) < 4.78 is 10.9. The molecule has 24 heavy (non-hydrogen) atoms. The number of carbonyl (C=O) groups excluding carboxylic acids is 1. The van der Waals surface area contributed by atoms with Gasteiger partial charge in [-0.2, -0.15) is 0 Å². The number of nitro benzene ring substituents is 1. The molecule has 126 valence electrons. The average molecular weight is 332 g/mol. The molecule has 0 atom stereocenters. The number of ether oxygens (including phenoxy) is 2. The number of aromatic nitrogens is 1. The third kappa shape index (κ3) is 3.88. The van der Waals surface area contributed by atoms with Crippen molar-refractivity contribution in [2.24, 2.45) is 5.73 Å². The Hall–Kier alpha value is -3.36. The highest BCUT2D eigenvalue weighted by atomic mass is 16.6. The van der Waals surface area contributed by atoms with Crippen LogP contribution in [0.2, 0.25) is 0 Å². The number of nitrogens with one attached hydrogen (secondary N) is 1. The molecule has 2 aromatic rings. The molecule has 0 spiro atoms. The van der Waals surface area contributed by atoms with Crippen LogP contribution in [0.4, 0.5) is 11.4 Å². The number of anilines is 1. The van der Waals surface area contributed by atoms with Crippen LogP contribution in [0.25, 0.3) is 0 Å². The first kappa shape index (κ1) is 17.0. The van der Waals surface area contributed by atoms with Gasteiger partial charge in [0, 0.05) is 25.4 Å². The molecule has 0 aliphatic heterocycles. The van der Waals surface area contributed by atoms with Gasteiger partial charge in [-0.1, -0.05) is 0 Å². The van der Waals surface area contributed by atoms with E-state index in [2.05, 4.69) is 10.3 Å². The van der Waals surface area contributed by atoms with Crippen molar-refractivity contribution in [3.63, 3.8) is 0 Å². The lowest BCUT2D eigenvalue weighted by atomic mass is 10.2. The number of pyridine rings is 1. The molecular formula is C15H16N4O5. The van der Waals surface area contributed by atoms with Gasteiger partial charge >= 0.3 is 0 Å². The van der Waals surface area contributed by atoms with Crippen LogP contribution in [0.1, 0.15) is 5.69 Å². The second-order valence-corrected chi connectivity index (χ2v) is 4.76. The Balaban J connectivity index is 2.39. The molecule has 1 amide bonds. The molecule has 0 unspecified atom stereocenters. The molecule has 9 nitrogen and oxygen atoms in total. The molecule has 9 heteroatoms. The summed E-state index contributed by atoms with van der Waals surface area (Å²) in [6.45, 7) is 0. The van der Waals surface area contributed by atoms with E-state index in [4.69, 9.17) is 15.2 Å². The number of benzene rings is 1. The predicted molar refractivity (Wildman–Crippen MR) is 86.4 cm³/mol. The summed E-state index contributed by atoms with van der Waals surface area (Å²) in [5.74, 6) is 0.315. The Bertz CT molecular complexity index is 778. The number of amides is 1. The van der Waals surface area contributed by atoms with E-state index in [0.717, 1.165) is 0 Å². The highest BCUT2D eigenvalue weighted by Gasteiger charge is 2.19. The Labute approximate surface area is 137 Å². The maximum absolute atomic E-state index is 11.2. The molecule has 1 heterocycles. The first-order valence-electron chi connectivity index (χ1n) is 6.90. The summed E-state index contributed by atoms with van der Waals surface area (Å²) in [5, 5.41) is 13.9. The lowest BCUT2D eigenvalue weighted by Gasteiger charge is -2.12. The van der Waals surface area contributed by atoms with Crippen LogP contribution < -0.4 is 20.5 Å². The number of hydrogen-bond acceptors (Lipinski definition) is 7. The molecule has 2 rings (SSSR count). The smallest absolute Gasteiger partial charge is 0.296 e. The minimum Gasteiger partial charge on any atom is -0.493 e. The highest BCUT2D eigenvalue weighted by molar-refractivity contribution is 5.76. The third-order valence-electron chi connectivity index (χ3n) is 3.12. The molecule has 3 N–H and O–H groups in total. The van der Waals surface area contributed by atoms with Gasteiger partial charge < -0.3 is 20.5 Å². The molecule has 1 aromatic carbocycles. The van der Waals surface area contributed by atoms with Crippen molar-refractivity contribution in [2.75, 3.05) is 19.5 Å². The molecular weight excluding hydrogens is 316 g/mol. The second-order valence-electron chi connectivity index (χ2n) is 4.76. The molecule has 0 saturated heterocycles. The maximum atomic E-state index is 11.2. The average Bonchev–Trinajstić information content (AvgIpc) is 2.54. The molecule has 0 saturated carbocycles. The molecule has 0 fully saturated rings. The van der Waals surface area contributed by atoms with Gasteiger partial charge in [-0.05, 0) is 6.07 Å². The first-order valence-corrected chi connectivity index (χ1v) is 6.90. The van der Waals surface area contributed by atoms with Crippen molar-refractivity contribution in [1.82, 2.24) is 4.98 Å². The lowest BCUT2D eigenvalue weighted by Crippen LogP contribution is -2.14. The van der Waals surface area contributed by atoms with Crippen LogP contribution in [0.3, 0.4) is 0 Å². The summed E-state index contributed by atoms with van der Waals surface area (Å²) in [6.07, 6.45) is 1.42. The van der Waals surface area contributed by atoms with Gasteiger partial charge in [0.05, 0.1) is 30.2 Å². The molecule has 1 aromatic heterocycles. The number of nitrogens with zero attached hydrogens (tertiary/aromatic N) is 2. The van der Waals surface area contributed by atoms with Crippen molar-refractivity contribution in [3.05, 3.63) is 46.3 Å². The fourth-order valence-corrected chi connectivity index (χ4v) is 2.06. The van der Waals surface area contributed by atoms with Crippen molar-refractivity contribution in [1.29, 1.82) is 0 Å². The first-order chi connectivity index (χ1) is 11.4. The monoisotopic (exact) mass is 332 g/mol. The minimum absolute atomic E-state index is 0.0345. The highest BCUT2D eigenvalue weighted by Crippen LogP contribution is 2.39. The van der Waals surface area contributed by atoms with Crippen molar-refractivity contribution in [2.45, 2.75) is 6.42 Å². The fourth-order valence-electron chi connectivity index (χ4n) is 2.06. The van der Waals surface area contributed by atoms with E-state index >= 15 is 0 Å². The Kier molecular flexibility index (Phi) is 5.15. The summed E-state index contributed by atoms with van der Waals surface area (Å²) in [4.78, 5) is 25.6. The SMILES string of the molecule is CNc1cc(OC)c(Oc2ccnc(CC(N)=O)c2)cc1[N+](=O)[O-]. The number of nitro groups is 1. The van der Waals surface area contributed by atoms with E-state index in [-0.39, 0.29) is 17.9 Å². The number of rotatable bonds is 7. The van der Waals surface area contributed by atoms with E-state index in [1.54, 1.807) is 13.1 Å². The summed E-state index contributed by atoms with van der Waals surface area (Å²) in [6, 6.07) is 5.82. The molecule has 0 aliphatic carbocycles. The van der Waals surface area contributed by atoms with Gasteiger partial charge in [0.15, 0.2) is 11.5 Å². The van der Waals surface area contributed by atoms with Crippen LogP contribution in [-0.4, -0.2) is 30.0 Å². The van der Waals surface area contributed by atoms with E-state index < -0.39 is 10.8 Å². The zero-order valence-electron chi connectivity index (χ0n) is 13.1. The second kappa shape index (κ2) is 7.27. The van der Waals surface area contributed by atoms with Crippen LogP contribution in [-0.2, 0) is 11.2 Å². The van der Waals surface area contributed by atoms with E-state index in [1.807, 2.05) is 0 Å². The molecule has 0 bridgehead atoms. The lowest BCUT2D eigenvalue weighted by molar-refractivity contribution is -0.384. The fraction of sp³-hybridized carbons (Fsp3) is 0.200. The van der Waals surface area contributed by atoms with E-state index in [9.17, 15) is 14.9 Å². The number of methoxy groups -OCH3 is 1. The van der Waals surface area contributed by atoms with Gasteiger partial charge in [0.25, 0.3) is 5.69 Å². The quantitative estimate of drug-likeness (QED) is 0.584. The standard InChI is InChI=1S/C15H16N4O5/c1-17-11-7-13(23-2)14(8-12(11)19(21)22)24-10-3-4-18-9(5-10)6-15(16)20/h3-5,7-8,17H,6H2,1-2H3,(H2,16,20). The van der Waals surface area contributed by atoms with E-state index in [0.29, 0.717) is 22.9 Å². The topological polar surface area (TPSA) is 130 Å². The largest absolute Gasteiger partial charge is 0.493 e. The van der Waals surface area contributed by atoms with Gasteiger partial charge in [0.2, 0.25) is 5.91 Å². The number of nitrogens with two attached hydrogens (primary N) is 1. The molecule has 0 radical (unpaired) electrons. The van der Waals surface area contributed by atoms with Crippen LogP contribution >= 0.6 is 0 Å². The summed E-state index contributed by atoms with van der Waals surface area (Å²) in [5.41, 5.74) is 5.71. The van der Waals surface area contributed by atoms with Crippen LogP contribution in [0, 0.1) is 10.1 Å². The van der Waals surface area contributed by atoms with Crippen LogP contribution in [0.5, 0.6) is 17.2 Å². The normalized spacial score (nSPS) is 10.1. The zero-order chi connectivity index (χ0) is 17.7. The van der Waals surface area contributed by atoms with Gasteiger partial charge in [-0.15, -0.1) is 0 Å². The van der Waals surface area contributed by atoms with Gasteiger partial charge in [0.1, 0.15) is 11.4 Å². The third-order valence-corrected chi connectivity index (χ3v) is 3.12. The maximum Gasteiger partial charge on any atom is 0.296 e. The zero-order valence-corrected chi connectivity index (χ0v) is 13.1. The summed E-state index contributed by atoms with van der Waals surface area (Å²) >= 11 is 0. The summed E-state index contributed by atoms with van der Waals surface area (Å²) in [7, 11) is 3.00. The number of carbonyl (C=O) groups is 1. The Morgan fingerprint density at radius 1 is 1.38 bits per heavy atom. The van der Waals surface area contributed by atoms with Crippen molar-refractivity contribution < 1.29 is 19.2 Å². The van der Waals surface area contributed by atoms with Crippen LogP contribution in [0.15, 0.2) is 30.5 Å². The van der Waals surface area contributed by atoms with Crippen molar-refractivity contribution >= 4 is 17.3 Å². The Morgan fingerprint density at radius 2 is 2.12 bits per heavy atom. The van der Waals surface area contributed by atoms with Gasteiger partial charge in [-0.25, -0.2) is 0 Å². The Morgan fingerprint density at radius 3 is 2.71 bits per heavy atom. The van der Waals surface area contributed by atoms with E-state index in [1.165, 1.54) is 31.5 Å². The minimum atomic E-state index is -0.525. The number of primary amides is 1. The number of hydrogen-bond donors (Lipinski definition) is 2. The predicted octanol–water partition coefficient (Wildman–Crippen LogP) is 1.86. The molecule has 0 aliphatic rings. The van der Waals surface area contributed by atoms with Gasteiger partial charge in [-0.3, -0.25) is 19.9 Å². The van der Waals surface area contributed by atoms with Crippen molar-refractivity contribution in [3.8, 4) is 17.2 Å².